The van der Waals surface area contributed by atoms with Crippen LogP contribution in [0.2, 0.25) is 0 Å². The SMILES string of the molecule is Cc1cc(C(=O)N2CCN(C(=O)c3cnc(O[C@H]4CCNC4)c(-c4ccc(F)cc4)c3)CC2)cc(N2CCNCC2)c1. The Hall–Kier alpha value is -4.02. The quantitative estimate of drug-likeness (QED) is 0.470. The molecule has 0 saturated carbocycles. The second-order valence-corrected chi connectivity index (χ2v) is 11.2. The summed E-state index contributed by atoms with van der Waals surface area (Å²) in [5.74, 6) is -0.0611. The molecule has 3 fully saturated rings. The molecule has 4 heterocycles. The molecular weight excluding hydrogens is 535 g/mol. The number of pyridine rings is 1. The molecule has 9 nitrogen and oxygen atoms in total. The van der Waals surface area contributed by atoms with Crippen molar-refractivity contribution in [3.63, 3.8) is 0 Å². The van der Waals surface area contributed by atoms with Gasteiger partial charge in [0.25, 0.3) is 11.8 Å². The van der Waals surface area contributed by atoms with Crippen molar-refractivity contribution in [2.24, 2.45) is 0 Å². The highest BCUT2D eigenvalue weighted by Gasteiger charge is 2.28. The summed E-state index contributed by atoms with van der Waals surface area (Å²) in [6, 6.07) is 14.0. The molecule has 0 aliphatic carbocycles. The van der Waals surface area contributed by atoms with E-state index in [1.54, 1.807) is 29.3 Å². The summed E-state index contributed by atoms with van der Waals surface area (Å²) in [6.07, 6.45) is 2.41. The first-order chi connectivity index (χ1) is 20.4. The molecule has 1 atom stereocenters. The van der Waals surface area contributed by atoms with Gasteiger partial charge in [-0.25, -0.2) is 9.37 Å². The van der Waals surface area contributed by atoms with Crippen molar-refractivity contribution in [2.75, 3.05) is 70.3 Å². The number of aryl methyl sites for hydroxylation is 1. The number of rotatable bonds is 6. The molecule has 3 aliphatic rings. The van der Waals surface area contributed by atoms with Gasteiger partial charge in [0.2, 0.25) is 5.88 Å². The number of ether oxygens (including phenoxy) is 1. The summed E-state index contributed by atoms with van der Waals surface area (Å²) in [7, 11) is 0. The summed E-state index contributed by atoms with van der Waals surface area (Å²) >= 11 is 0. The Morgan fingerprint density at radius 1 is 0.857 bits per heavy atom. The molecule has 10 heteroatoms. The Morgan fingerprint density at radius 2 is 1.55 bits per heavy atom. The predicted molar refractivity (Wildman–Crippen MR) is 160 cm³/mol. The van der Waals surface area contributed by atoms with Crippen LogP contribution in [0.4, 0.5) is 10.1 Å². The van der Waals surface area contributed by atoms with Crippen LogP contribution in [0.5, 0.6) is 5.88 Å². The molecule has 0 bridgehead atoms. The number of hydrogen-bond donors (Lipinski definition) is 2. The summed E-state index contributed by atoms with van der Waals surface area (Å²) in [5, 5.41) is 6.65. The van der Waals surface area contributed by atoms with E-state index < -0.39 is 0 Å². The van der Waals surface area contributed by atoms with Crippen molar-refractivity contribution in [2.45, 2.75) is 19.4 Å². The molecule has 3 aromatic rings. The first-order valence-corrected chi connectivity index (χ1v) is 14.7. The lowest BCUT2D eigenvalue weighted by Gasteiger charge is -2.35. The summed E-state index contributed by atoms with van der Waals surface area (Å²) < 4.78 is 19.8. The van der Waals surface area contributed by atoms with E-state index in [0.717, 1.165) is 62.5 Å². The van der Waals surface area contributed by atoms with Gasteiger partial charge in [0.1, 0.15) is 11.9 Å². The molecule has 0 unspecified atom stereocenters. The maximum absolute atomic E-state index is 13.7. The van der Waals surface area contributed by atoms with Crippen molar-refractivity contribution in [1.29, 1.82) is 0 Å². The average Bonchev–Trinajstić information content (AvgIpc) is 3.54. The zero-order chi connectivity index (χ0) is 29.1. The Kier molecular flexibility index (Phi) is 8.34. The highest BCUT2D eigenvalue weighted by Crippen LogP contribution is 2.31. The van der Waals surface area contributed by atoms with Gasteiger partial charge in [-0.15, -0.1) is 0 Å². The third kappa shape index (κ3) is 6.24. The zero-order valence-corrected chi connectivity index (χ0v) is 23.9. The van der Waals surface area contributed by atoms with E-state index in [-0.39, 0.29) is 23.7 Å². The Balaban J connectivity index is 1.15. The number of aromatic nitrogens is 1. The van der Waals surface area contributed by atoms with Gasteiger partial charge < -0.3 is 30.1 Å². The number of benzene rings is 2. The van der Waals surface area contributed by atoms with Crippen LogP contribution >= 0.6 is 0 Å². The second-order valence-electron chi connectivity index (χ2n) is 11.2. The maximum Gasteiger partial charge on any atom is 0.255 e. The van der Waals surface area contributed by atoms with Crippen LogP contribution in [0.3, 0.4) is 0 Å². The molecule has 220 valence electrons. The molecule has 6 rings (SSSR count). The highest BCUT2D eigenvalue weighted by molar-refractivity contribution is 5.97. The van der Waals surface area contributed by atoms with Crippen LogP contribution in [0.25, 0.3) is 11.1 Å². The van der Waals surface area contributed by atoms with E-state index >= 15 is 0 Å². The standard InChI is InChI=1S/C32H37FN6O3/c1-22-16-24(18-27(17-22)37-10-8-34-9-11-37)31(40)38-12-14-39(15-13-38)32(41)25-19-29(23-2-4-26(33)5-3-23)30(36-20-25)42-28-6-7-35-21-28/h2-5,16-20,28,34-35H,6-15,21H2,1H3/t28-/m0/s1. The summed E-state index contributed by atoms with van der Waals surface area (Å²) in [6.45, 7) is 9.10. The van der Waals surface area contributed by atoms with Crippen LogP contribution < -0.4 is 20.3 Å². The van der Waals surface area contributed by atoms with Crippen molar-refractivity contribution < 1.29 is 18.7 Å². The van der Waals surface area contributed by atoms with Gasteiger partial charge in [0.05, 0.1) is 5.56 Å². The van der Waals surface area contributed by atoms with E-state index in [1.165, 1.54) is 12.1 Å². The van der Waals surface area contributed by atoms with Gasteiger partial charge in [-0.3, -0.25) is 9.59 Å². The lowest BCUT2D eigenvalue weighted by Crippen LogP contribution is -2.50. The van der Waals surface area contributed by atoms with Gasteiger partial charge in [-0.05, 0) is 67.4 Å². The number of amides is 2. The van der Waals surface area contributed by atoms with E-state index in [9.17, 15) is 14.0 Å². The number of carbonyl (C=O) groups is 2. The lowest BCUT2D eigenvalue weighted by molar-refractivity contribution is 0.0535. The van der Waals surface area contributed by atoms with Crippen LogP contribution in [-0.4, -0.2) is 98.1 Å². The molecule has 1 aromatic heterocycles. The minimum Gasteiger partial charge on any atom is -0.473 e. The molecule has 3 saturated heterocycles. The highest BCUT2D eigenvalue weighted by atomic mass is 19.1. The van der Waals surface area contributed by atoms with E-state index in [1.807, 2.05) is 24.0 Å². The third-order valence-corrected chi connectivity index (χ3v) is 8.19. The lowest BCUT2D eigenvalue weighted by atomic mass is 10.0. The molecule has 0 radical (unpaired) electrons. The first-order valence-electron chi connectivity index (χ1n) is 14.7. The number of piperazine rings is 2. The summed E-state index contributed by atoms with van der Waals surface area (Å²) in [4.78, 5) is 37.5. The van der Waals surface area contributed by atoms with Crippen LogP contribution in [-0.2, 0) is 0 Å². The predicted octanol–water partition coefficient (Wildman–Crippen LogP) is 2.94. The Bertz CT molecular complexity index is 1430. The monoisotopic (exact) mass is 572 g/mol. The minimum atomic E-state index is -0.334. The van der Waals surface area contributed by atoms with Gasteiger partial charge >= 0.3 is 0 Å². The van der Waals surface area contributed by atoms with E-state index in [4.69, 9.17) is 4.74 Å². The van der Waals surface area contributed by atoms with Crippen molar-refractivity contribution in [3.8, 4) is 17.0 Å². The van der Waals surface area contributed by atoms with Gasteiger partial charge in [-0.1, -0.05) is 12.1 Å². The maximum atomic E-state index is 13.7. The smallest absolute Gasteiger partial charge is 0.255 e. The fourth-order valence-corrected chi connectivity index (χ4v) is 5.86. The molecule has 2 aromatic carbocycles. The number of anilines is 1. The number of halogens is 1. The minimum absolute atomic E-state index is 0.00893. The van der Waals surface area contributed by atoms with Gasteiger partial charge in [0.15, 0.2) is 0 Å². The average molecular weight is 573 g/mol. The fraction of sp³-hybridized carbons (Fsp3) is 0.406. The normalized spacial score (nSPS) is 19.2. The zero-order valence-electron chi connectivity index (χ0n) is 23.9. The number of nitrogens with zero attached hydrogens (tertiary/aromatic N) is 4. The van der Waals surface area contributed by atoms with Gasteiger partial charge in [0, 0.05) is 81.9 Å². The number of hydrogen-bond acceptors (Lipinski definition) is 7. The van der Waals surface area contributed by atoms with Crippen LogP contribution in [0.15, 0.2) is 54.7 Å². The molecule has 0 spiro atoms. The molecule has 2 amide bonds. The van der Waals surface area contributed by atoms with Crippen LogP contribution in [0.1, 0.15) is 32.7 Å². The molecule has 2 N–H and O–H groups in total. The molecule has 3 aliphatic heterocycles. The molecule has 42 heavy (non-hydrogen) atoms. The number of carbonyl (C=O) groups excluding carboxylic acids is 2. The largest absolute Gasteiger partial charge is 0.473 e. The Labute approximate surface area is 245 Å². The topological polar surface area (TPSA) is 90.0 Å². The van der Waals surface area contributed by atoms with Crippen molar-refractivity contribution in [3.05, 3.63) is 77.2 Å². The fourth-order valence-electron chi connectivity index (χ4n) is 5.86. The molecular formula is C32H37FN6O3. The second kappa shape index (κ2) is 12.5. The van der Waals surface area contributed by atoms with Crippen molar-refractivity contribution >= 4 is 17.5 Å². The van der Waals surface area contributed by atoms with Crippen molar-refractivity contribution in [1.82, 2.24) is 25.4 Å². The van der Waals surface area contributed by atoms with E-state index in [2.05, 4.69) is 26.6 Å². The first kappa shape index (κ1) is 28.1. The van der Waals surface area contributed by atoms with E-state index in [0.29, 0.717) is 48.7 Å². The third-order valence-electron chi connectivity index (χ3n) is 8.19. The summed E-state index contributed by atoms with van der Waals surface area (Å²) in [5.41, 5.74) is 4.64. The Morgan fingerprint density at radius 3 is 2.21 bits per heavy atom. The number of nitrogens with one attached hydrogen (secondary N) is 2. The van der Waals surface area contributed by atoms with Crippen LogP contribution in [0, 0.1) is 12.7 Å². The van der Waals surface area contributed by atoms with Gasteiger partial charge in [-0.2, -0.15) is 0 Å².